The monoisotopic (exact) mass is 334 g/mol. The minimum absolute atomic E-state index is 0.606. The first kappa shape index (κ1) is 18.1. The maximum atomic E-state index is 10.7. The van der Waals surface area contributed by atoms with Crippen LogP contribution in [0.4, 0.5) is 5.69 Å². The van der Waals surface area contributed by atoms with Crippen LogP contribution in [0.2, 0.25) is 19.6 Å². The molecule has 1 unspecified atom stereocenters. The van der Waals surface area contributed by atoms with E-state index >= 15 is 0 Å². The van der Waals surface area contributed by atoms with Crippen molar-refractivity contribution in [3.8, 4) is 0 Å². The molecule has 127 valence electrons. The quantitative estimate of drug-likeness (QED) is 0.634. The van der Waals surface area contributed by atoms with Gasteiger partial charge in [0.1, 0.15) is 6.29 Å². The Hall–Kier alpha value is -1.24. The summed E-state index contributed by atoms with van der Waals surface area (Å²) >= 11 is 0. The SMILES string of the molecule is [CH2]C(O)(c1ccc(N2CCN(CCC=O)CC2)cn1)[Si](C)(C)C. The molecule has 1 radical (unpaired) electrons. The molecule has 1 aliphatic heterocycles. The van der Waals surface area contributed by atoms with Crippen LogP contribution in [0.25, 0.3) is 0 Å². The van der Waals surface area contributed by atoms with Crippen LogP contribution in [0.1, 0.15) is 12.1 Å². The van der Waals surface area contributed by atoms with Crippen molar-refractivity contribution >= 4 is 20.0 Å². The molecule has 1 saturated heterocycles. The number of carbonyl (C=O) groups is 1. The summed E-state index contributed by atoms with van der Waals surface area (Å²) in [5, 5.41) is 9.61. The lowest BCUT2D eigenvalue weighted by Crippen LogP contribution is -2.48. The average Bonchev–Trinajstić information content (AvgIpc) is 2.52. The molecular weight excluding hydrogens is 306 g/mol. The van der Waals surface area contributed by atoms with E-state index in [-0.39, 0.29) is 0 Å². The summed E-state index contributed by atoms with van der Waals surface area (Å²) in [5.41, 5.74) is 1.74. The van der Waals surface area contributed by atoms with Gasteiger partial charge in [0, 0.05) is 39.1 Å². The molecule has 23 heavy (non-hydrogen) atoms. The first-order chi connectivity index (χ1) is 10.8. The van der Waals surface area contributed by atoms with E-state index < -0.39 is 13.3 Å². The summed E-state index contributed by atoms with van der Waals surface area (Å²) in [5.74, 6) is 0. The van der Waals surface area contributed by atoms with Crippen molar-refractivity contribution in [2.45, 2.75) is 31.3 Å². The zero-order valence-electron chi connectivity index (χ0n) is 14.5. The Balaban J connectivity index is 2.00. The summed E-state index contributed by atoms with van der Waals surface area (Å²) in [6.07, 6.45) is 3.43. The molecule has 1 N–H and O–H groups in total. The number of pyridine rings is 1. The van der Waals surface area contributed by atoms with Gasteiger partial charge in [-0.3, -0.25) is 9.88 Å². The molecule has 0 spiro atoms. The van der Waals surface area contributed by atoms with Crippen molar-refractivity contribution in [3.63, 3.8) is 0 Å². The maximum Gasteiger partial charge on any atom is 0.121 e. The Morgan fingerprint density at radius 1 is 1.30 bits per heavy atom. The van der Waals surface area contributed by atoms with E-state index in [0.717, 1.165) is 44.7 Å². The van der Waals surface area contributed by atoms with Gasteiger partial charge in [-0.15, -0.1) is 0 Å². The number of hydrogen-bond donors (Lipinski definition) is 1. The highest BCUT2D eigenvalue weighted by Crippen LogP contribution is 2.30. The number of nitrogens with zero attached hydrogens (tertiary/aromatic N) is 3. The minimum atomic E-state index is -1.87. The third-order valence-corrected chi connectivity index (χ3v) is 7.45. The van der Waals surface area contributed by atoms with E-state index in [1.807, 2.05) is 18.3 Å². The maximum absolute atomic E-state index is 10.7. The average molecular weight is 335 g/mol. The van der Waals surface area contributed by atoms with Crippen molar-refractivity contribution in [1.82, 2.24) is 9.88 Å². The van der Waals surface area contributed by atoms with Gasteiger partial charge in [0.25, 0.3) is 0 Å². The summed E-state index contributed by atoms with van der Waals surface area (Å²) in [6.45, 7) is 14.9. The first-order valence-electron chi connectivity index (χ1n) is 8.21. The lowest BCUT2D eigenvalue weighted by molar-refractivity contribution is -0.108. The number of aromatic nitrogens is 1. The second-order valence-electron chi connectivity index (χ2n) is 7.30. The number of rotatable bonds is 6. The molecule has 0 bridgehead atoms. The van der Waals surface area contributed by atoms with Crippen LogP contribution < -0.4 is 4.90 Å². The van der Waals surface area contributed by atoms with Gasteiger partial charge in [0.15, 0.2) is 0 Å². The largest absolute Gasteiger partial charge is 0.387 e. The van der Waals surface area contributed by atoms with Gasteiger partial charge in [0.05, 0.1) is 30.9 Å². The number of carbonyl (C=O) groups excluding carboxylic acids is 1. The second kappa shape index (κ2) is 7.11. The van der Waals surface area contributed by atoms with Crippen LogP contribution in [0.15, 0.2) is 18.3 Å². The summed E-state index contributed by atoms with van der Waals surface area (Å²) in [6, 6.07) is 3.93. The fourth-order valence-corrected chi connectivity index (χ4v) is 3.58. The molecular formula is C17H28N3O2Si. The van der Waals surface area contributed by atoms with Crippen LogP contribution in [0.5, 0.6) is 0 Å². The van der Waals surface area contributed by atoms with E-state index in [9.17, 15) is 9.90 Å². The predicted octanol–water partition coefficient (Wildman–Crippen LogP) is 1.69. The second-order valence-corrected chi connectivity index (χ2v) is 12.6. The van der Waals surface area contributed by atoms with Gasteiger partial charge < -0.3 is 14.8 Å². The van der Waals surface area contributed by atoms with Gasteiger partial charge in [-0.2, -0.15) is 0 Å². The number of aldehydes is 1. The molecule has 5 nitrogen and oxygen atoms in total. The van der Waals surface area contributed by atoms with Crippen molar-refractivity contribution in [3.05, 3.63) is 30.9 Å². The number of piperazine rings is 1. The van der Waals surface area contributed by atoms with Crippen molar-refractivity contribution in [2.24, 2.45) is 0 Å². The molecule has 0 amide bonds. The molecule has 2 heterocycles. The molecule has 6 heteroatoms. The zero-order valence-corrected chi connectivity index (χ0v) is 15.5. The van der Waals surface area contributed by atoms with Crippen molar-refractivity contribution in [1.29, 1.82) is 0 Å². The number of aliphatic hydroxyl groups is 1. The van der Waals surface area contributed by atoms with E-state index in [1.54, 1.807) is 0 Å². The van der Waals surface area contributed by atoms with E-state index in [0.29, 0.717) is 12.1 Å². The Labute approximate surface area is 140 Å². The van der Waals surface area contributed by atoms with Crippen LogP contribution in [0, 0.1) is 6.92 Å². The Morgan fingerprint density at radius 3 is 2.43 bits per heavy atom. The van der Waals surface area contributed by atoms with E-state index in [4.69, 9.17) is 0 Å². The molecule has 0 aliphatic carbocycles. The van der Waals surface area contributed by atoms with Crippen LogP contribution >= 0.6 is 0 Å². The third kappa shape index (κ3) is 4.19. The highest BCUT2D eigenvalue weighted by Gasteiger charge is 2.40. The van der Waals surface area contributed by atoms with Crippen molar-refractivity contribution in [2.75, 3.05) is 37.6 Å². The standard InChI is InChI=1S/C17H28N3O2Si/c1-17(22,23(2,3)4)16-7-6-15(14-18-16)20-11-9-19(10-12-20)8-5-13-21/h6-7,13-14,22H,1,5,8-12H2,2-4H3. The van der Waals surface area contributed by atoms with Crippen LogP contribution in [0.3, 0.4) is 0 Å². The number of anilines is 1. The molecule has 1 aromatic heterocycles. The van der Waals surface area contributed by atoms with Gasteiger partial charge >= 0.3 is 0 Å². The third-order valence-electron chi connectivity index (χ3n) is 4.71. The van der Waals surface area contributed by atoms with Crippen LogP contribution in [-0.2, 0) is 10.0 Å². The zero-order chi connectivity index (χ0) is 17.1. The summed E-state index contributed by atoms with van der Waals surface area (Å²) < 4.78 is 0. The fourth-order valence-electron chi connectivity index (χ4n) is 2.67. The Bertz CT molecular complexity index is 518. The smallest absolute Gasteiger partial charge is 0.121 e. The van der Waals surface area contributed by atoms with Gasteiger partial charge in [-0.05, 0) is 19.1 Å². The molecule has 1 aliphatic rings. The topological polar surface area (TPSA) is 56.7 Å². The molecule has 0 saturated carbocycles. The lowest BCUT2D eigenvalue weighted by Gasteiger charge is -2.37. The fraction of sp³-hybridized carbons (Fsp3) is 0.588. The molecule has 0 aromatic carbocycles. The molecule has 1 fully saturated rings. The summed E-state index contributed by atoms with van der Waals surface area (Å²) in [4.78, 5) is 19.5. The van der Waals surface area contributed by atoms with Gasteiger partial charge in [-0.1, -0.05) is 19.6 Å². The minimum Gasteiger partial charge on any atom is -0.387 e. The van der Waals surface area contributed by atoms with E-state index in [1.165, 1.54) is 0 Å². The Morgan fingerprint density at radius 2 is 1.96 bits per heavy atom. The lowest BCUT2D eigenvalue weighted by atomic mass is 10.2. The predicted molar refractivity (Wildman–Crippen MR) is 96.2 cm³/mol. The van der Waals surface area contributed by atoms with Crippen LogP contribution in [-0.4, -0.2) is 62.1 Å². The first-order valence-corrected chi connectivity index (χ1v) is 11.7. The van der Waals surface area contributed by atoms with Gasteiger partial charge in [-0.25, -0.2) is 0 Å². The van der Waals surface area contributed by atoms with E-state index in [2.05, 4.69) is 41.3 Å². The normalized spacial score (nSPS) is 19.4. The van der Waals surface area contributed by atoms with Gasteiger partial charge in [0.2, 0.25) is 0 Å². The summed E-state index contributed by atoms with van der Waals surface area (Å²) in [7, 11) is -1.87. The van der Waals surface area contributed by atoms with Crippen molar-refractivity contribution < 1.29 is 9.90 Å². The molecule has 2 rings (SSSR count). The highest BCUT2D eigenvalue weighted by atomic mass is 28.3. The number of hydrogen-bond acceptors (Lipinski definition) is 5. The Kier molecular flexibility index (Phi) is 5.60. The highest BCUT2D eigenvalue weighted by molar-refractivity contribution is 6.78. The molecule has 1 atom stereocenters. The molecule has 1 aromatic rings.